The highest BCUT2D eigenvalue weighted by Gasteiger charge is 2.24. The van der Waals surface area contributed by atoms with E-state index in [0.29, 0.717) is 17.2 Å². The van der Waals surface area contributed by atoms with Crippen molar-refractivity contribution < 1.29 is 9.53 Å². The van der Waals surface area contributed by atoms with Crippen LogP contribution in [-0.4, -0.2) is 29.3 Å². The average Bonchev–Trinajstić information content (AvgIpc) is 3.09. The SMILES string of the molecule is Cc1ccc(-n2cc(C=O)c(C3CCOC3)n2)cc1Cl. The van der Waals surface area contributed by atoms with Gasteiger partial charge in [0.2, 0.25) is 0 Å². The lowest BCUT2D eigenvalue weighted by Gasteiger charge is -2.05. The van der Waals surface area contributed by atoms with Crippen molar-refractivity contribution >= 4 is 17.9 Å². The van der Waals surface area contributed by atoms with Crippen LogP contribution in [-0.2, 0) is 4.74 Å². The van der Waals surface area contributed by atoms with Gasteiger partial charge in [-0.05, 0) is 31.0 Å². The Labute approximate surface area is 122 Å². The highest BCUT2D eigenvalue weighted by atomic mass is 35.5. The third-order valence-electron chi connectivity index (χ3n) is 3.64. The fourth-order valence-electron chi connectivity index (χ4n) is 2.42. The molecule has 1 aliphatic heterocycles. The number of rotatable bonds is 3. The minimum atomic E-state index is 0.206. The number of aldehydes is 1. The highest BCUT2D eigenvalue weighted by molar-refractivity contribution is 6.31. The zero-order chi connectivity index (χ0) is 14.1. The number of ether oxygens (including phenoxy) is 1. The first-order valence-electron chi connectivity index (χ1n) is 6.58. The van der Waals surface area contributed by atoms with Crippen molar-refractivity contribution in [1.29, 1.82) is 0 Å². The lowest BCUT2D eigenvalue weighted by molar-refractivity contribution is 0.112. The smallest absolute Gasteiger partial charge is 0.153 e. The number of hydrogen-bond donors (Lipinski definition) is 0. The third-order valence-corrected chi connectivity index (χ3v) is 4.04. The van der Waals surface area contributed by atoms with E-state index >= 15 is 0 Å². The van der Waals surface area contributed by atoms with Crippen LogP contribution in [0.25, 0.3) is 5.69 Å². The summed E-state index contributed by atoms with van der Waals surface area (Å²) in [5, 5.41) is 5.24. The molecule has 20 heavy (non-hydrogen) atoms. The van der Waals surface area contributed by atoms with Crippen molar-refractivity contribution in [2.24, 2.45) is 0 Å². The number of aryl methyl sites for hydroxylation is 1. The summed E-state index contributed by atoms with van der Waals surface area (Å²) in [7, 11) is 0. The first kappa shape index (κ1) is 13.3. The molecule has 1 aromatic heterocycles. The number of hydrogen-bond acceptors (Lipinski definition) is 3. The number of benzene rings is 1. The number of aromatic nitrogens is 2. The van der Waals surface area contributed by atoms with Gasteiger partial charge < -0.3 is 4.74 Å². The van der Waals surface area contributed by atoms with Gasteiger partial charge in [-0.1, -0.05) is 17.7 Å². The molecule has 2 heterocycles. The Morgan fingerprint density at radius 2 is 2.35 bits per heavy atom. The normalized spacial score (nSPS) is 18.4. The summed E-state index contributed by atoms with van der Waals surface area (Å²) < 4.78 is 7.09. The van der Waals surface area contributed by atoms with Gasteiger partial charge in [-0.2, -0.15) is 5.10 Å². The standard InChI is InChI=1S/C15H15ClN2O2/c1-10-2-3-13(6-14(10)16)18-7-12(8-19)15(17-18)11-4-5-20-9-11/h2-3,6-8,11H,4-5,9H2,1H3. The van der Waals surface area contributed by atoms with E-state index < -0.39 is 0 Å². The van der Waals surface area contributed by atoms with Crippen molar-refractivity contribution in [1.82, 2.24) is 9.78 Å². The van der Waals surface area contributed by atoms with Gasteiger partial charge in [-0.15, -0.1) is 0 Å². The van der Waals surface area contributed by atoms with Gasteiger partial charge >= 0.3 is 0 Å². The summed E-state index contributed by atoms with van der Waals surface area (Å²) in [6.07, 6.45) is 3.51. The van der Waals surface area contributed by atoms with Crippen LogP contribution in [0.4, 0.5) is 0 Å². The van der Waals surface area contributed by atoms with E-state index in [1.165, 1.54) is 0 Å². The van der Waals surface area contributed by atoms with Crippen molar-refractivity contribution in [2.75, 3.05) is 13.2 Å². The molecule has 2 aromatic rings. The number of carbonyl (C=O) groups excluding carboxylic acids is 1. The Bertz CT molecular complexity index is 645. The maximum Gasteiger partial charge on any atom is 0.153 e. The summed E-state index contributed by atoms with van der Waals surface area (Å²) in [6.45, 7) is 3.31. The van der Waals surface area contributed by atoms with Crippen molar-refractivity contribution in [3.05, 3.63) is 46.2 Å². The van der Waals surface area contributed by atoms with Gasteiger partial charge in [0.1, 0.15) is 0 Å². The minimum Gasteiger partial charge on any atom is -0.381 e. The first-order valence-corrected chi connectivity index (χ1v) is 6.96. The van der Waals surface area contributed by atoms with Gasteiger partial charge in [0.25, 0.3) is 0 Å². The molecule has 4 nitrogen and oxygen atoms in total. The molecule has 1 aromatic carbocycles. The third kappa shape index (κ3) is 2.37. The molecule has 0 bridgehead atoms. The van der Waals surface area contributed by atoms with E-state index in [-0.39, 0.29) is 5.92 Å². The molecule has 5 heteroatoms. The van der Waals surface area contributed by atoms with Crippen LogP contribution in [0.2, 0.25) is 5.02 Å². The zero-order valence-electron chi connectivity index (χ0n) is 11.2. The first-order chi connectivity index (χ1) is 9.69. The molecule has 0 N–H and O–H groups in total. The van der Waals surface area contributed by atoms with E-state index in [0.717, 1.165) is 36.3 Å². The lowest BCUT2D eigenvalue weighted by atomic mass is 10.0. The van der Waals surface area contributed by atoms with Gasteiger partial charge in [0.15, 0.2) is 6.29 Å². The second-order valence-corrected chi connectivity index (χ2v) is 5.43. The van der Waals surface area contributed by atoms with Crippen molar-refractivity contribution in [3.63, 3.8) is 0 Å². The number of halogens is 1. The fourth-order valence-corrected chi connectivity index (χ4v) is 2.59. The summed E-state index contributed by atoms with van der Waals surface area (Å²) in [6, 6.07) is 5.74. The summed E-state index contributed by atoms with van der Waals surface area (Å²) in [5.74, 6) is 0.206. The molecule has 1 saturated heterocycles. The zero-order valence-corrected chi connectivity index (χ0v) is 11.9. The fraction of sp³-hybridized carbons (Fsp3) is 0.333. The Hall–Kier alpha value is -1.65. The van der Waals surface area contributed by atoms with E-state index in [1.807, 2.05) is 25.1 Å². The van der Waals surface area contributed by atoms with Crippen molar-refractivity contribution in [2.45, 2.75) is 19.3 Å². The van der Waals surface area contributed by atoms with E-state index in [4.69, 9.17) is 16.3 Å². The molecule has 0 amide bonds. The molecule has 0 spiro atoms. The summed E-state index contributed by atoms with van der Waals surface area (Å²) in [4.78, 5) is 11.2. The molecule has 1 aliphatic rings. The highest BCUT2D eigenvalue weighted by Crippen LogP contribution is 2.27. The van der Waals surface area contributed by atoms with Gasteiger partial charge in [-0.3, -0.25) is 4.79 Å². The molecule has 0 saturated carbocycles. The van der Waals surface area contributed by atoms with Gasteiger partial charge in [0.05, 0.1) is 23.6 Å². The maximum absolute atomic E-state index is 11.2. The van der Waals surface area contributed by atoms with Crippen LogP contribution in [0.15, 0.2) is 24.4 Å². The van der Waals surface area contributed by atoms with Crippen LogP contribution in [0, 0.1) is 6.92 Å². The second-order valence-electron chi connectivity index (χ2n) is 5.03. The molecule has 0 radical (unpaired) electrons. The molecule has 1 atom stereocenters. The van der Waals surface area contributed by atoms with Gasteiger partial charge in [-0.25, -0.2) is 4.68 Å². The predicted molar refractivity (Wildman–Crippen MR) is 76.9 cm³/mol. The molecule has 3 rings (SSSR count). The van der Waals surface area contributed by atoms with Crippen LogP contribution in [0.5, 0.6) is 0 Å². The van der Waals surface area contributed by atoms with E-state index in [9.17, 15) is 4.79 Å². The Morgan fingerprint density at radius 1 is 1.50 bits per heavy atom. The molecule has 1 fully saturated rings. The Kier molecular flexibility index (Phi) is 3.59. The minimum absolute atomic E-state index is 0.206. The summed E-state index contributed by atoms with van der Waals surface area (Å²) in [5.41, 5.74) is 3.31. The monoisotopic (exact) mass is 290 g/mol. The van der Waals surface area contributed by atoms with Crippen LogP contribution >= 0.6 is 11.6 Å². The number of carbonyl (C=O) groups is 1. The Balaban J connectivity index is 2.01. The maximum atomic E-state index is 11.2. The Morgan fingerprint density at radius 3 is 3.00 bits per heavy atom. The van der Waals surface area contributed by atoms with Crippen LogP contribution in [0.3, 0.4) is 0 Å². The lowest BCUT2D eigenvalue weighted by Crippen LogP contribution is -2.03. The number of nitrogens with zero attached hydrogens (tertiary/aromatic N) is 2. The second kappa shape index (κ2) is 5.38. The van der Waals surface area contributed by atoms with Crippen LogP contribution < -0.4 is 0 Å². The van der Waals surface area contributed by atoms with E-state index in [1.54, 1.807) is 10.9 Å². The van der Waals surface area contributed by atoms with Crippen molar-refractivity contribution in [3.8, 4) is 5.69 Å². The molecule has 1 unspecified atom stereocenters. The molecular formula is C15H15ClN2O2. The summed E-state index contributed by atoms with van der Waals surface area (Å²) >= 11 is 6.14. The van der Waals surface area contributed by atoms with Gasteiger partial charge in [0, 0.05) is 23.7 Å². The topological polar surface area (TPSA) is 44.1 Å². The molecule has 0 aliphatic carbocycles. The largest absolute Gasteiger partial charge is 0.381 e. The molecular weight excluding hydrogens is 276 g/mol. The molecule has 104 valence electrons. The quantitative estimate of drug-likeness (QED) is 0.816. The van der Waals surface area contributed by atoms with Crippen LogP contribution in [0.1, 0.15) is 34.0 Å². The van der Waals surface area contributed by atoms with E-state index in [2.05, 4.69) is 5.10 Å². The average molecular weight is 291 g/mol. The predicted octanol–water partition coefficient (Wildman–Crippen LogP) is 3.15.